The van der Waals surface area contributed by atoms with Gasteiger partial charge in [0, 0.05) is 6.42 Å². The molecule has 0 bridgehead atoms. The zero-order valence-corrected chi connectivity index (χ0v) is 14.1. The van der Waals surface area contributed by atoms with Gasteiger partial charge in [-0.15, -0.1) is 0 Å². The second kappa shape index (κ2) is 7.15. The average molecular weight is 329 g/mol. The molecule has 1 aliphatic heterocycles. The van der Waals surface area contributed by atoms with Crippen LogP contribution >= 0.6 is 0 Å². The second-order valence-corrected chi connectivity index (χ2v) is 6.36. The van der Waals surface area contributed by atoms with Gasteiger partial charge >= 0.3 is 0 Å². The molecule has 1 saturated heterocycles. The van der Waals surface area contributed by atoms with Crippen LogP contribution in [-0.2, 0) is 22.3 Å². The minimum Gasteiger partial charge on any atom is -0.510 e. The van der Waals surface area contributed by atoms with Crippen molar-refractivity contribution >= 4 is 5.70 Å². The summed E-state index contributed by atoms with van der Waals surface area (Å²) in [5.74, 6) is 0.229. The third-order valence-electron chi connectivity index (χ3n) is 4.35. The Kier molecular flexibility index (Phi) is 4.97. The molecule has 0 amide bonds. The van der Waals surface area contributed by atoms with Gasteiger partial charge in [-0.2, -0.15) is 5.10 Å². The average Bonchev–Trinajstić information content (AvgIpc) is 3.14. The lowest BCUT2D eigenvalue weighted by Gasteiger charge is -2.33. The van der Waals surface area contributed by atoms with Crippen LogP contribution in [0.2, 0.25) is 0 Å². The first-order chi connectivity index (χ1) is 11.6. The molecule has 3 rings (SSSR count). The van der Waals surface area contributed by atoms with Crippen LogP contribution in [0.3, 0.4) is 0 Å². The standard InChI is InChI=1S/C18H23N3O3/c1-3-14-4-6-15(7-5-14)8-16(21-12-19-11-20-21)17(22)18(2)9-23-13-24-10-18/h4-7,11-12,22H,3,8-10,13H2,1-2H3/b17-16+. The van der Waals surface area contributed by atoms with E-state index in [0.717, 1.165) is 12.0 Å². The molecule has 2 heterocycles. The van der Waals surface area contributed by atoms with E-state index in [1.54, 1.807) is 11.0 Å². The quantitative estimate of drug-likeness (QED) is 0.854. The van der Waals surface area contributed by atoms with Gasteiger partial charge in [-0.3, -0.25) is 0 Å². The maximum atomic E-state index is 11.0. The highest BCUT2D eigenvalue weighted by atomic mass is 16.7. The van der Waals surface area contributed by atoms with Crippen molar-refractivity contribution in [3.63, 3.8) is 0 Å². The van der Waals surface area contributed by atoms with Gasteiger partial charge in [0.25, 0.3) is 0 Å². The van der Waals surface area contributed by atoms with Crippen LogP contribution in [-0.4, -0.2) is 39.9 Å². The Hall–Kier alpha value is -2.18. The van der Waals surface area contributed by atoms with Crippen LogP contribution in [0.15, 0.2) is 42.7 Å². The number of aliphatic hydroxyl groups is 1. The van der Waals surface area contributed by atoms with Crippen molar-refractivity contribution in [2.24, 2.45) is 5.41 Å². The number of hydrogen-bond donors (Lipinski definition) is 1. The van der Waals surface area contributed by atoms with Crippen LogP contribution < -0.4 is 0 Å². The molecule has 0 spiro atoms. The highest BCUT2D eigenvalue weighted by Gasteiger charge is 2.36. The highest BCUT2D eigenvalue weighted by Crippen LogP contribution is 2.33. The Morgan fingerprint density at radius 1 is 1.21 bits per heavy atom. The summed E-state index contributed by atoms with van der Waals surface area (Å²) in [5.41, 5.74) is 2.48. The van der Waals surface area contributed by atoms with E-state index in [0.29, 0.717) is 25.3 Å². The van der Waals surface area contributed by atoms with Gasteiger partial charge in [0.15, 0.2) is 0 Å². The lowest BCUT2D eigenvalue weighted by molar-refractivity contribution is -0.155. The fourth-order valence-corrected chi connectivity index (χ4v) is 2.83. The molecule has 1 N–H and O–H groups in total. The summed E-state index contributed by atoms with van der Waals surface area (Å²) >= 11 is 0. The number of aryl methyl sites for hydroxylation is 1. The predicted octanol–water partition coefficient (Wildman–Crippen LogP) is 2.82. The smallest absolute Gasteiger partial charge is 0.146 e. The highest BCUT2D eigenvalue weighted by molar-refractivity contribution is 5.52. The molecule has 0 saturated carbocycles. The number of aliphatic hydroxyl groups excluding tert-OH is 1. The summed E-state index contributed by atoms with van der Waals surface area (Å²) in [5, 5.41) is 15.2. The minimum absolute atomic E-state index is 0.229. The van der Waals surface area contributed by atoms with Crippen molar-refractivity contribution in [2.45, 2.75) is 26.7 Å². The number of allylic oxidation sites excluding steroid dienone is 1. The maximum Gasteiger partial charge on any atom is 0.146 e. The third kappa shape index (κ3) is 3.49. The number of hydrogen-bond acceptors (Lipinski definition) is 5. The zero-order valence-electron chi connectivity index (χ0n) is 14.1. The number of rotatable bonds is 5. The molecule has 1 fully saturated rings. The summed E-state index contributed by atoms with van der Waals surface area (Å²) < 4.78 is 12.4. The SMILES string of the molecule is CCc1ccc(C/C(=C(\O)C2(C)COCOC2)n2cncn2)cc1. The van der Waals surface area contributed by atoms with E-state index in [2.05, 4.69) is 41.3 Å². The number of benzene rings is 1. The van der Waals surface area contributed by atoms with Gasteiger partial charge in [-0.1, -0.05) is 31.2 Å². The van der Waals surface area contributed by atoms with E-state index in [9.17, 15) is 5.11 Å². The Bertz CT molecular complexity index is 687. The van der Waals surface area contributed by atoms with Gasteiger partial charge in [-0.25, -0.2) is 9.67 Å². The summed E-state index contributed by atoms with van der Waals surface area (Å²) in [7, 11) is 0. The van der Waals surface area contributed by atoms with Gasteiger partial charge < -0.3 is 14.6 Å². The molecule has 1 aliphatic rings. The second-order valence-electron chi connectivity index (χ2n) is 6.36. The lowest BCUT2D eigenvalue weighted by atomic mass is 9.87. The van der Waals surface area contributed by atoms with E-state index in [1.807, 2.05) is 6.92 Å². The molecule has 0 unspecified atom stereocenters. The Morgan fingerprint density at radius 2 is 1.88 bits per heavy atom. The number of nitrogens with zero attached hydrogens (tertiary/aromatic N) is 3. The Balaban J connectivity index is 1.95. The monoisotopic (exact) mass is 329 g/mol. The van der Waals surface area contributed by atoms with E-state index in [-0.39, 0.29) is 12.6 Å². The van der Waals surface area contributed by atoms with E-state index < -0.39 is 5.41 Å². The van der Waals surface area contributed by atoms with E-state index >= 15 is 0 Å². The van der Waals surface area contributed by atoms with Crippen LogP contribution in [0.25, 0.3) is 5.70 Å². The lowest BCUT2D eigenvalue weighted by Crippen LogP contribution is -2.37. The van der Waals surface area contributed by atoms with Crippen molar-refractivity contribution in [3.8, 4) is 0 Å². The summed E-state index contributed by atoms with van der Waals surface area (Å²) in [4.78, 5) is 4.01. The fraction of sp³-hybridized carbons (Fsp3) is 0.444. The van der Waals surface area contributed by atoms with E-state index in [1.165, 1.54) is 11.9 Å². The summed E-state index contributed by atoms with van der Waals surface area (Å²) in [6.45, 7) is 5.14. The van der Waals surface area contributed by atoms with Crippen molar-refractivity contribution in [2.75, 3.05) is 20.0 Å². The van der Waals surface area contributed by atoms with Gasteiger partial charge in [0.1, 0.15) is 25.2 Å². The molecule has 24 heavy (non-hydrogen) atoms. The third-order valence-corrected chi connectivity index (χ3v) is 4.35. The molecule has 0 radical (unpaired) electrons. The fourth-order valence-electron chi connectivity index (χ4n) is 2.83. The number of ether oxygens (including phenoxy) is 2. The van der Waals surface area contributed by atoms with E-state index in [4.69, 9.17) is 9.47 Å². The normalized spacial score (nSPS) is 18.2. The molecule has 2 aromatic rings. The molecule has 6 nitrogen and oxygen atoms in total. The van der Waals surface area contributed by atoms with Crippen LogP contribution in [0.4, 0.5) is 0 Å². The van der Waals surface area contributed by atoms with Crippen LogP contribution in [0, 0.1) is 5.41 Å². The molecular weight excluding hydrogens is 306 g/mol. The van der Waals surface area contributed by atoms with Crippen molar-refractivity contribution in [1.29, 1.82) is 0 Å². The largest absolute Gasteiger partial charge is 0.510 e. The first-order valence-electron chi connectivity index (χ1n) is 8.13. The van der Waals surface area contributed by atoms with Crippen LogP contribution in [0.1, 0.15) is 25.0 Å². The molecule has 1 aromatic carbocycles. The van der Waals surface area contributed by atoms with Crippen molar-refractivity contribution in [3.05, 3.63) is 53.8 Å². The maximum absolute atomic E-state index is 11.0. The molecular formula is C18H23N3O3. The Labute approximate surface area is 141 Å². The molecule has 0 aliphatic carbocycles. The van der Waals surface area contributed by atoms with Gasteiger partial charge in [0.2, 0.25) is 0 Å². The molecule has 1 aromatic heterocycles. The van der Waals surface area contributed by atoms with Gasteiger partial charge in [-0.05, 0) is 24.5 Å². The van der Waals surface area contributed by atoms with Crippen molar-refractivity contribution in [1.82, 2.24) is 14.8 Å². The minimum atomic E-state index is -0.594. The summed E-state index contributed by atoms with van der Waals surface area (Å²) in [6, 6.07) is 8.39. The summed E-state index contributed by atoms with van der Waals surface area (Å²) in [6.07, 6.45) is 4.61. The molecule has 128 valence electrons. The predicted molar refractivity (Wildman–Crippen MR) is 90.3 cm³/mol. The number of aromatic nitrogens is 3. The molecule has 0 atom stereocenters. The zero-order chi connectivity index (χ0) is 17.0. The Morgan fingerprint density at radius 3 is 2.46 bits per heavy atom. The first kappa shape index (κ1) is 16.7. The molecule has 6 heteroatoms. The van der Waals surface area contributed by atoms with Gasteiger partial charge in [0.05, 0.1) is 24.3 Å². The topological polar surface area (TPSA) is 69.4 Å². The first-order valence-corrected chi connectivity index (χ1v) is 8.13. The van der Waals surface area contributed by atoms with Crippen molar-refractivity contribution < 1.29 is 14.6 Å². The van der Waals surface area contributed by atoms with Crippen LogP contribution in [0.5, 0.6) is 0 Å².